The van der Waals surface area contributed by atoms with E-state index < -0.39 is 0 Å². The highest BCUT2D eigenvalue weighted by atomic mass is 16.5. The number of benzene rings is 2. The molecular formula is C20H23N5O2. The summed E-state index contributed by atoms with van der Waals surface area (Å²) < 4.78 is 12.7. The molecule has 0 amide bonds. The van der Waals surface area contributed by atoms with Crippen LogP contribution in [0.2, 0.25) is 0 Å². The second kappa shape index (κ2) is 7.19. The van der Waals surface area contributed by atoms with Gasteiger partial charge < -0.3 is 20.5 Å². The average molecular weight is 365 g/mol. The molecule has 7 nitrogen and oxygen atoms in total. The van der Waals surface area contributed by atoms with Crippen molar-refractivity contribution in [2.45, 2.75) is 25.4 Å². The number of anilines is 2. The van der Waals surface area contributed by atoms with Crippen LogP contribution in [0.5, 0.6) is 11.5 Å². The maximum Gasteiger partial charge on any atom is 0.241 e. The van der Waals surface area contributed by atoms with Crippen molar-refractivity contribution in [3.05, 3.63) is 59.7 Å². The fraction of sp³-hybridized carbons (Fsp3) is 0.300. The molecule has 0 spiro atoms. The van der Waals surface area contributed by atoms with Gasteiger partial charge in [0.15, 0.2) is 0 Å². The molecule has 0 bridgehead atoms. The summed E-state index contributed by atoms with van der Waals surface area (Å²) in [5.41, 5.74) is 8.17. The molecular weight excluding hydrogens is 342 g/mol. The minimum absolute atomic E-state index is 0.0360. The SMILES string of the molecule is CCOc1ccc([C@@H]2C[C@@H](c3ccc(OC)cc3)Nc3nc(N)nn32)cc1. The fourth-order valence-corrected chi connectivity index (χ4v) is 3.48. The zero-order chi connectivity index (χ0) is 18.8. The van der Waals surface area contributed by atoms with Gasteiger partial charge in [0, 0.05) is 0 Å². The van der Waals surface area contributed by atoms with Gasteiger partial charge in [-0.1, -0.05) is 24.3 Å². The lowest BCUT2D eigenvalue weighted by molar-refractivity contribution is 0.340. The highest BCUT2D eigenvalue weighted by molar-refractivity contribution is 5.43. The van der Waals surface area contributed by atoms with Gasteiger partial charge in [-0.15, -0.1) is 5.10 Å². The Morgan fingerprint density at radius 2 is 1.74 bits per heavy atom. The summed E-state index contributed by atoms with van der Waals surface area (Å²) in [7, 11) is 1.67. The van der Waals surface area contributed by atoms with E-state index in [-0.39, 0.29) is 18.0 Å². The predicted molar refractivity (Wildman–Crippen MR) is 104 cm³/mol. The van der Waals surface area contributed by atoms with Crippen LogP contribution in [0.3, 0.4) is 0 Å². The van der Waals surface area contributed by atoms with Crippen molar-refractivity contribution >= 4 is 11.9 Å². The van der Waals surface area contributed by atoms with Gasteiger partial charge in [-0.3, -0.25) is 0 Å². The predicted octanol–water partition coefficient (Wildman–Crippen LogP) is 3.41. The Labute approximate surface area is 158 Å². The lowest BCUT2D eigenvalue weighted by Gasteiger charge is -2.31. The van der Waals surface area contributed by atoms with Crippen molar-refractivity contribution in [3.63, 3.8) is 0 Å². The Morgan fingerprint density at radius 3 is 2.41 bits per heavy atom. The molecule has 3 aromatic rings. The molecule has 2 heterocycles. The van der Waals surface area contributed by atoms with Crippen molar-refractivity contribution in [1.82, 2.24) is 14.8 Å². The zero-order valence-electron chi connectivity index (χ0n) is 15.4. The number of rotatable bonds is 5. The van der Waals surface area contributed by atoms with E-state index in [2.05, 4.69) is 39.7 Å². The Balaban J connectivity index is 1.66. The molecule has 0 saturated heterocycles. The number of hydrogen-bond donors (Lipinski definition) is 2. The van der Waals surface area contributed by atoms with E-state index in [9.17, 15) is 0 Å². The molecule has 2 atom stereocenters. The molecule has 27 heavy (non-hydrogen) atoms. The summed E-state index contributed by atoms with van der Waals surface area (Å²) in [6, 6.07) is 16.3. The molecule has 0 saturated carbocycles. The first-order valence-corrected chi connectivity index (χ1v) is 9.03. The summed E-state index contributed by atoms with van der Waals surface area (Å²) >= 11 is 0. The van der Waals surface area contributed by atoms with E-state index in [0.29, 0.717) is 12.6 Å². The fourth-order valence-electron chi connectivity index (χ4n) is 3.48. The molecule has 0 aliphatic carbocycles. The number of nitrogens with two attached hydrogens (primary N) is 1. The lowest BCUT2D eigenvalue weighted by atomic mass is 9.93. The maximum atomic E-state index is 5.86. The van der Waals surface area contributed by atoms with Crippen LogP contribution >= 0.6 is 0 Å². The van der Waals surface area contributed by atoms with Crippen molar-refractivity contribution < 1.29 is 9.47 Å². The normalized spacial score (nSPS) is 18.4. The minimum atomic E-state index is 0.0360. The molecule has 0 fully saturated rings. The molecule has 0 radical (unpaired) electrons. The van der Waals surface area contributed by atoms with Crippen molar-refractivity contribution in [2.24, 2.45) is 0 Å². The molecule has 140 valence electrons. The zero-order valence-corrected chi connectivity index (χ0v) is 15.4. The first-order chi connectivity index (χ1) is 13.2. The number of nitrogens with one attached hydrogen (secondary N) is 1. The maximum absolute atomic E-state index is 5.86. The number of aromatic nitrogens is 3. The molecule has 1 aromatic heterocycles. The van der Waals surface area contributed by atoms with Gasteiger partial charge in [0.1, 0.15) is 11.5 Å². The van der Waals surface area contributed by atoms with E-state index in [1.165, 1.54) is 5.56 Å². The molecule has 1 aliphatic heterocycles. The molecule has 7 heteroatoms. The van der Waals surface area contributed by atoms with Crippen LogP contribution < -0.4 is 20.5 Å². The van der Waals surface area contributed by atoms with Gasteiger partial charge in [0.05, 0.1) is 25.8 Å². The molecule has 3 N–H and O–H groups in total. The second-order valence-electron chi connectivity index (χ2n) is 6.46. The second-order valence-corrected chi connectivity index (χ2v) is 6.46. The summed E-state index contributed by atoms with van der Waals surface area (Å²) in [5.74, 6) is 2.65. The van der Waals surface area contributed by atoms with Crippen LogP contribution in [0.15, 0.2) is 48.5 Å². The summed E-state index contributed by atoms with van der Waals surface area (Å²) in [6.45, 7) is 2.63. The van der Waals surface area contributed by atoms with Crippen LogP contribution in [-0.4, -0.2) is 28.5 Å². The van der Waals surface area contributed by atoms with Gasteiger partial charge in [0.2, 0.25) is 11.9 Å². The van der Waals surface area contributed by atoms with Crippen LogP contribution in [0.25, 0.3) is 0 Å². The van der Waals surface area contributed by atoms with E-state index in [1.54, 1.807) is 7.11 Å². The van der Waals surface area contributed by atoms with E-state index in [1.807, 2.05) is 35.9 Å². The Kier molecular flexibility index (Phi) is 4.58. The standard InChI is InChI=1S/C20H23N5O2/c1-3-27-16-10-6-14(7-11-16)18-12-17(13-4-8-15(26-2)9-5-13)22-20-23-19(21)24-25(18)20/h4-11,17-18H,3,12H2,1-2H3,(H3,21,22,23,24)/t17-,18-/m0/s1. The number of nitrogen functional groups attached to an aromatic ring is 1. The Morgan fingerprint density at radius 1 is 1.07 bits per heavy atom. The minimum Gasteiger partial charge on any atom is -0.497 e. The number of ether oxygens (including phenoxy) is 2. The molecule has 2 aromatic carbocycles. The van der Waals surface area contributed by atoms with Crippen molar-refractivity contribution in [2.75, 3.05) is 24.8 Å². The topological polar surface area (TPSA) is 87.2 Å². The molecule has 4 rings (SSSR count). The number of hydrogen-bond acceptors (Lipinski definition) is 6. The summed E-state index contributed by atoms with van der Waals surface area (Å²) in [4.78, 5) is 4.35. The van der Waals surface area contributed by atoms with Crippen molar-refractivity contribution in [1.29, 1.82) is 0 Å². The third-order valence-corrected chi connectivity index (χ3v) is 4.80. The number of methoxy groups -OCH3 is 1. The van der Waals surface area contributed by atoms with Crippen LogP contribution in [0.1, 0.15) is 36.6 Å². The van der Waals surface area contributed by atoms with E-state index in [0.717, 1.165) is 23.5 Å². The highest BCUT2D eigenvalue weighted by Gasteiger charge is 2.30. The van der Waals surface area contributed by atoms with Gasteiger partial charge >= 0.3 is 0 Å². The van der Waals surface area contributed by atoms with E-state index >= 15 is 0 Å². The van der Waals surface area contributed by atoms with Crippen LogP contribution in [0, 0.1) is 0 Å². The largest absolute Gasteiger partial charge is 0.497 e. The molecule has 1 aliphatic rings. The molecule has 0 unspecified atom stereocenters. The van der Waals surface area contributed by atoms with E-state index in [4.69, 9.17) is 15.2 Å². The van der Waals surface area contributed by atoms with Gasteiger partial charge in [-0.2, -0.15) is 4.98 Å². The monoisotopic (exact) mass is 365 g/mol. The summed E-state index contributed by atoms with van der Waals surface area (Å²) in [6.07, 6.45) is 0.829. The lowest BCUT2D eigenvalue weighted by Crippen LogP contribution is -2.28. The van der Waals surface area contributed by atoms with Crippen LogP contribution in [-0.2, 0) is 0 Å². The van der Waals surface area contributed by atoms with Crippen LogP contribution in [0.4, 0.5) is 11.9 Å². The van der Waals surface area contributed by atoms with Gasteiger partial charge in [-0.25, -0.2) is 4.68 Å². The first kappa shape index (κ1) is 17.2. The smallest absolute Gasteiger partial charge is 0.241 e. The quantitative estimate of drug-likeness (QED) is 0.720. The number of nitrogens with zero attached hydrogens (tertiary/aromatic N) is 3. The van der Waals surface area contributed by atoms with Gasteiger partial charge in [-0.05, 0) is 48.7 Å². The highest BCUT2D eigenvalue weighted by Crippen LogP contribution is 2.38. The number of fused-ring (bicyclic) bond motifs is 1. The first-order valence-electron chi connectivity index (χ1n) is 9.03. The summed E-state index contributed by atoms with van der Waals surface area (Å²) in [5, 5.41) is 7.84. The average Bonchev–Trinajstić information content (AvgIpc) is 3.08. The van der Waals surface area contributed by atoms with Gasteiger partial charge in [0.25, 0.3) is 0 Å². The Hall–Kier alpha value is -3.22. The Bertz CT molecular complexity index is 905. The van der Waals surface area contributed by atoms with Crippen molar-refractivity contribution in [3.8, 4) is 11.5 Å². The third-order valence-electron chi connectivity index (χ3n) is 4.80. The third kappa shape index (κ3) is 3.40.